The summed E-state index contributed by atoms with van der Waals surface area (Å²) in [6.45, 7) is 4.66. The highest BCUT2D eigenvalue weighted by Crippen LogP contribution is 2.43. The molecule has 1 unspecified atom stereocenters. The SMILES string of the molecule is Cc1ccc(COc2ccc([C@H]3COc4cc5c(cc4O3)CN(S(=O)(=O)c3sc(NCC4CCCC4)nc3C)C(C(=O)N[C@@H](Cc3ccc(-c4ccc(C#N)cc4)cc3)C(=O)O)C5)cc2)cc1Cl. The zero-order valence-corrected chi connectivity index (χ0v) is 39.9. The zero-order valence-electron chi connectivity index (χ0n) is 37.5. The summed E-state index contributed by atoms with van der Waals surface area (Å²) in [5.74, 6) is 0.0482. The topological polar surface area (TPSA) is 180 Å². The Hall–Kier alpha value is -6.44. The normalized spacial score (nSPS) is 17.4. The molecule has 16 heteroatoms. The number of nitrogens with one attached hydrogen (secondary N) is 2. The smallest absolute Gasteiger partial charge is 0.326 e. The molecule has 3 atom stereocenters. The minimum atomic E-state index is -4.37. The van der Waals surface area contributed by atoms with E-state index in [9.17, 15) is 28.4 Å². The average Bonchev–Trinajstić information content (AvgIpc) is 4.02. The van der Waals surface area contributed by atoms with E-state index in [-0.39, 0.29) is 30.2 Å². The molecule has 6 aromatic rings. The van der Waals surface area contributed by atoms with Crippen molar-refractivity contribution >= 4 is 50.0 Å². The highest BCUT2D eigenvalue weighted by Gasteiger charge is 2.43. The van der Waals surface area contributed by atoms with E-state index in [1.807, 2.05) is 73.7 Å². The van der Waals surface area contributed by atoms with Gasteiger partial charge in [0.05, 0.1) is 17.3 Å². The van der Waals surface area contributed by atoms with E-state index in [0.29, 0.717) is 74.4 Å². The number of nitrogens with zero attached hydrogens (tertiary/aromatic N) is 3. The van der Waals surface area contributed by atoms with Gasteiger partial charge in [-0.05, 0) is 126 Å². The number of carboxylic acid groups (broad SMARTS) is 1. The van der Waals surface area contributed by atoms with Crippen molar-refractivity contribution < 1.29 is 37.3 Å². The van der Waals surface area contributed by atoms with Crippen LogP contribution in [0.15, 0.2) is 107 Å². The van der Waals surface area contributed by atoms with E-state index in [1.54, 1.807) is 43.3 Å². The number of anilines is 1. The lowest BCUT2D eigenvalue weighted by Crippen LogP contribution is -2.55. The Bertz CT molecular complexity index is 2990. The van der Waals surface area contributed by atoms with Crippen LogP contribution in [0.25, 0.3) is 11.1 Å². The van der Waals surface area contributed by atoms with Crippen molar-refractivity contribution in [3.05, 3.63) is 153 Å². The van der Waals surface area contributed by atoms with E-state index in [2.05, 4.69) is 21.7 Å². The summed E-state index contributed by atoms with van der Waals surface area (Å²) in [5, 5.41) is 26.8. The molecule has 0 bridgehead atoms. The number of aliphatic carboxylic acids is 1. The summed E-state index contributed by atoms with van der Waals surface area (Å²) in [6, 6.07) is 30.8. The standard InChI is InChI=1S/C52H50ClN5O8S2/c1-31-7-8-36(21-43(31)53)29-64-42-19-17-39(18-20-42)48-30-65-46-24-40-23-45(49(59)57-44(50(60)61)22-33-9-13-37(14-10-33)38-15-11-34(26-54)12-16-38)58(28-41(40)25-47(46)66-48)68(62,63)51-32(2)56-52(67-51)55-27-35-5-3-4-6-35/h7-21,24-25,35,44-45,48H,3-6,22-23,27-30H2,1-2H3,(H,55,56)(H,57,59)(H,60,61)/t44-,45?,48+/m0/s1. The summed E-state index contributed by atoms with van der Waals surface area (Å²) in [7, 11) is -4.37. The second-order valence-corrected chi connectivity index (χ2v) is 21.1. The molecule has 0 spiro atoms. The molecule has 1 fully saturated rings. The van der Waals surface area contributed by atoms with E-state index in [1.165, 1.54) is 12.8 Å². The lowest BCUT2D eigenvalue weighted by Gasteiger charge is -2.36. The van der Waals surface area contributed by atoms with Crippen LogP contribution < -0.4 is 24.8 Å². The minimum absolute atomic E-state index is 0.0116. The maximum absolute atomic E-state index is 14.9. The van der Waals surface area contributed by atoms with Gasteiger partial charge in [-0.2, -0.15) is 9.57 Å². The maximum atomic E-state index is 14.9. The van der Waals surface area contributed by atoms with Gasteiger partial charge in [-0.3, -0.25) is 4.79 Å². The number of aryl methyl sites for hydroxylation is 2. The molecule has 0 saturated heterocycles. The van der Waals surface area contributed by atoms with E-state index in [0.717, 1.165) is 56.3 Å². The highest BCUT2D eigenvalue weighted by atomic mass is 35.5. The highest BCUT2D eigenvalue weighted by molar-refractivity contribution is 7.91. The molecule has 350 valence electrons. The Labute approximate surface area is 404 Å². The average molecular weight is 973 g/mol. The molecule has 9 rings (SSSR count). The van der Waals surface area contributed by atoms with Crippen molar-refractivity contribution in [1.82, 2.24) is 14.6 Å². The lowest BCUT2D eigenvalue weighted by atomic mass is 9.94. The number of amides is 1. The van der Waals surface area contributed by atoms with Gasteiger partial charge in [0, 0.05) is 24.5 Å². The third kappa shape index (κ3) is 10.3. The van der Waals surface area contributed by atoms with Crippen molar-refractivity contribution in [2.45, 2.75) is 87.9 Å². The third-order valence-corrected chi connectivity index (χ3v) is 16.8. The first-order valence-electron chi connectivity index (χ1n) is 22.6. The van der Waals surface area contributed by atoms with Crippen LogP contribution in [0.1, 0.15) is 76.4 Å². The first kappa shape index (κ1) is 46.7. The monoisotopic (exact) mass is 971 g/mol. The number of ether oxygens (including phenoxy) is 3. The fourth-order valence-corrected chi connectivity index (χ4v) is 12.3. The number of nitriles is 1. The Morgan fingerprint density at radius 3 is 2.32 bits per heavy atom. The Balaban J connectivity index is 0.948. The molecule has 5 aromatic carbocycles. The van der Waals surface area contributed by atoms with Crippen LogP contribution in [-0.4, -0.2) is 59.9 Å². The number of carboxylic acids is 1. The van der Waals surface area contributed by atoms with Gasteiger partial charge in [-0.25, -0.2) is 18.2 Å². The van der Waals surface area contributed by atoms with Gasteiger partial charge < -0.3 is 30.0 Å². The van der Waals surface area contributed by atoms with Crippen molar-refractivity contribution in [3.63, 3.8) is 0 Å². The van der Waals surface area contributed by atoms with Crippen LogP contribution in [0.3, 0.4) is 0 Å². The number of sulfonamides is 1. The molecule has 3 N–H and O–H groups in total. The molecule has 68 heavy (non-hydrogen) atoms. The minimum Gasteiger partial charge on any atom is -0.489 e. The maximum Gasteiger partial charge on any atom is 0.326 e. The van der Waals surface area contributed by atoms with Gasteiger partial charge in [-0.1, -0.05) is 96.4 Å². The molecular weight excluding hydrogens is 922 g/mol. The lowest BCUT2D eigenvalue weighted by molar-refractivity contribution is -0.142. The summed E-state index contributed by atoms with van der Waals surface area (Å²) >= 11 is 7.33. The van der Waals surface area contributed by atoms with Crippen LogP contribution in [0.5, 0.6) is 17.2 Å². The first-order chi connectivity index (χ1) is 32.8. The number of thiazole rings is 1. The van der Waals surface area contributed by atoms with E-state index in [4.69, 9.17) is 25.8 Å². The Kier molecular flexibility index (Phi) is 13.7. The number of halogens is 1. The molecular formula is C52H50ClN5O8S2. The third-order valence-electron chi connectivity index (χ3n) is 12.9. The van der Waals surface area contributed by atoms with Crippen LogP contribution in [0.2, 0.25) is 5.02 Å². The zero-order chi connectivity index (χ0) is 47.5. The Morgan fingerprint density at radius 2 is 1.63 bits per heavy atom. The van der Waals surface area contributed by atoms with Gasteiger partial charge >= 0.3 is 5.97 Å². The number of carbonyl (C=O) groups excluding carboxylic acids is 1. The van der Waals surface area contributed by atoms with Crippen molar-refractivity contribution in [1.29, 1.82) is 5.26 Å². The molecule has 3 heterocycles. The van der Waals surface area contributed by atoms with Crippen molar-refractivity contribution in [2.75, 3.05) is 18.5 Å². The molecule has 0 radical (unpaired) electrons. The second-order valence-electron chi connectivity index (χ2n) is 17.6. The number of carbonyl (C=O) groups is 2. The summed E-state index contributed by atoms with van der Waals surface area (Å²) < 4.78 is 49.7. The fourth-order valence-electron chi connectivity index (χ4n) is 8.96. The van der Waals surface area contributed by atoms with Crippen molar-refractivity contribution in [2.24, 2.45) is 5.92 Å². The van der Waals surface area contributed by atoms with Crippen LogP contribution in [-0.2, 0) is 45.6 Å². The second kappa shape index (κ2) is 20.0. The summed E-state index contributed by atoms with van der Waals surface area (Å²) in [6.07, 6.45) is 4.00. The van der Waals surface area contributed by atoms with Gasteiger partial charge in [0.2, 0.25) is 5.91 Å². The fraction of sp³-hybridized carbons (Fsp3) is 0.308. The summed E-state index contributed by atoms with van der Waals surface area (Å²) in [4.78, 5) is 31.8. The van der Waals surface area contributed by atoms with Gasteiger partial charge in [0.15, 0.2) is 26.9 Å². The van der Waals surface area contributed by atoms with Gasteiger partial charge in [0.25, 0.3) is 10.0 Å². The number of hydrogen-bond donors (Lipinski definition) is 3. The Morgan fingerprint density at radius 1 is 0.941 bits per heavy atom. The van der Waals surface area contributed by atoms with Crippen LogP contribution in [0.4, 0.5) is 5.13 Å². The van der Waals surface area contributed by atoms with Crippen LogP contribution in [0, 0.1) is 31.1 Å². The molecule has 1 aliphatic carbocycles. The predicted molar refractivity (Wildman–Crippen MR) is 260 cm³/mol. The number of aromatic nitrogens is 1. The molecule has 3 aliphatic rings. The first-order valence-corrected chi connectivity index (χ1v) is 25.2. The predicted octanol–water partition coefficient (Wildman–Crippen LogP) is 9.57. The van der Waals surface area contributed by atoms with E-state index < -0.39 is 40.1 Å². The summed E-state index contributed by atoms with van der Waals surface area (Å²) in [5.41, 5.74) is 7.38. The number of rotatable bonds is 15. The number of benzene rings is 5. The van der Waals surface area contributed by atoms with Gasteiger partial charge in [-0.15, -0.1) is 0 Å². The molecule has 13 nitrogen and oxygen atoms in total. The molecule has 1 saturated carbocycles. The quantitative estimate of drug-likeness (QED) is 0.0892. The molecule has 1 amide bonds. The van der Waals surface area contributed by atoms with Gasteiger partial charge in [0.1, 0.15) is 31.0 Å². The molecule has 1 aromatic heterocycles. The number of fused-ring (bicyclic) bond motifs is 2. The molecule has 2 aliphatic heterocycles. The largest absolute Gasteiger partial charge is 0.489 e. The van der Waals surface area contributed by atoms with Crippen LogP contribution >= 0.6 is 22.9 Å². The number of hydrogen-bond acceptors (Lipinski definition) is 11. The van der Waals surface area contributed by atoms with E-state index >= 15 is 0 Å². The van der Waals surface area contributed by atoms with Crippen molar-refractivity contribution in [3.8, 4) is 34.4 Å².